The molecule has 4 rings (SSSR count). The maximum Gasteiger partial charge on any atom is 0.313 e. The fraction of sp³-hybridized carbons (Fsp3) is 0.185. The van der Waals surface area contributed by atoms with E-state index in [4.69, 9.17) is 16.3 Å². The van der Waals surface area contributed by atoms with Crippen LogP contribution in [0.2, 0.25) is 5.02 Å². The van der Waals surface area contributed by atoms with Crippen LogP contribution in [0.4, 0.5) is 15.8 Å². The zero-order valence-electron chi connectivity index (χ0n) is 21.4. The highest BCUT2D eigenvalue weighted by molar-refractivity contribution is 9.10. The van der Waals surface area contributed by atoms with Gasteiger partial charge in [0, 0.05) is 21.5 Å². The fourth-order valence-corrected chi connectivity index (χ4v) is 4.34. The summed E-state index contributed by atoms with van der Waals surface area (Å²) in [7, 11) is 0. The molecule has 0 bridgehead atoms. The molecular formula is C27H22BrClFN5O5. The van der Waals surface area contributed by atoms with Crippen molar-refractivity contribution in [3.05, 3.63) is 102 Å². The van der Waals surface area contributed by atoms with E-state index in [2.05, 4.69) is 31.3 Å². The molecule has 0 radical (unpaired) electrons. The number of anilines is 1. The van der Waals surface area contributed by atoms with Crippen LogP contribution in [0.5, 0.6) is 5.75 Å². The largest absolute Gasteiger partial charge is 0.476 e. The first-order valence-corrected chi connectivity index (χ1v) is 12.9. The van der Waals surface area contributed by atoms with Crippen LogP contribution >= 0.6 is 27.5 Å². The number of benzene rings is 3. The third-order valence-electron chi connectivity index (χ3n) is 5.54. The summed E-state index contributed by atoms with van der Waals surface area (Å²) in [6.45, 7) is 4.97. The van der Waals surface area contributed by atoms with Crippen molar-refractivity contribution >= 4 is 61.9 Å². The van der Waals surface area contributed by atoms with Crippen LogP contribution in [0, 0.1) is 15.9 Å². The Bertz CT molecular complexity index is 1740. The Morgan fingerprint density at radius 1 is 1.25 bits per heavy atom. The normalized spacial score (nSPS) is 11.7. The number of fused-ring (bicyclic) bond motifs is 1. The molecule has 0 unspecified atom stereocenters. The molecule has 0 spiro atoms. The van der Waals surface area contributed by atoms with Gasteiger partial charge in [-0.2, -0.15) is 9.78 Å². The van der Waals surface area contributed by atoms with Gasteiger partial charge in [0.25, 0.3) is 11.5 Å². The highest BCUT2D eigenvalue weighted by Gasteiger charge is 2.24. The van der Waals surface area contributed by atoms with E-state index >= 15 is 0 Å². The number of carbonyl (C=O) groups excluding carboxylic acids is 1. The Morgan fingerprint density at radius 2 is 1.98 bits per heavy atom. The van der Waals surface area contributed by atoms with E-state index in [1.807, 2.05) is 20.8 Å². The van der Waals surface area contributed by atoms with E-state index in [-0.39, 0.29) is 22.0 Å². The standard InChI is InChI=1S/C27H22BrClFN5O5/c1-27(2,3)26-33-20-9-8-16(28)12-17(20)25(37)34(26)31-13-15-10-18(29)24(22(11-15)35(38)39)40-14-23(36)32-21-7-5-4-6-19(21)30/h4-13H,14H2,1-3H3,(H,32,36). The van der Waals surface area contributed by atoms with Crippen molar-refractivity contribution in [2.24, 2.45) is 5.10 Å². The minimum Gasteiger partial charge on any atom is -0.476 e. The van der Waals surface area contributed by atoms with Gasteiger partial charge in [-0.3, -0.25) is 19.7 Å². The highest BCUT2D eigenvalue weighted by Crippen LogP contribution is 2.36. The number of nitrogens with one attached hydrogen (secondary N) is 1. The molecule has 0 saturated heterocycles. The van der Waals surface area contributed by atoms with E-state index in [0.29, 0.717) is 21.2 Å². The third-order valence-corrected chi connectivity index (χ3v) is 6.31. The summed E-state index contributed by atoms with van der Waals surface area (Å²) < 4.78 is 21.0. The summed E-state index contributed by atoms with van der Waals surface area (Å²) in [5, 5.41) is 18.6. The number of amides is 1. The van der Waals surface area contributed by atoms with Gasteiger partial charge in [0.2, 0.25) is 5.75 Å². The van der Waals surface area contributed by atoms with Gasteiger partial charge in [-0.1, -0.05) is 60.4 Å². The lowest BCUT2D eigenvalue weighted by molar-refractivity contribution is -0.385. The molecule has 0 aliphatic heterocycles. The zero-order chi connectivity index (χ0) is 29.2. The lowest BCUT2D eigenvalue weighted by Gasteiger charge is -2.20. The van der Waals surface area contributed by atoms with E-state index < -0.39 is 39.9 Å². The summed E-state index contributed by atoms with van der Waals surface area (Å²) in [6.07, 6.45) is 1.25. The van der Waals surface area contributed by atoms with Gasteiger partial charge in [0.15, 0.2) is 6.61 Å². The summed E-state index contributed by atoms with van der Waals surface area (Å²) in [6, 6.07) is 13.2. The first kappa shape index (κ1) is 28.8. The predicted molar refractivity (Wildman–Crippen MR) is 154 cm³/mol. The van der Waals surface area contributed by atoms with Gasteiger partial charge in [-0.25, -0.2) is 9.37 Å². The number of ether oxygens (including phenoxy) is 1. The summed E-state index contributed by atoms with van der Waals surface area (Å²) in [5.74, 6) is -1.36. The van der Waals surface area contributed by atoms with Crippen LogP contribution in [-0.4, -0.2) is 33.3 Å². The Balaban J connectivity index is 1.66. The molecule has 1 amide bonds. The molecule has 206 valence electrons. The maximum atomic E-state index is 13.8. The van der Waals surface area contributed by atoms with Crippen molar-refractivity contribution in [2.45, 2.75) is 26.2 Å². The monoisotopic (exact) mass is 629 g/mol. The third kappa shape index (κ3) is 6.35. The Morgan fingerprint density at radius 3 is 2.65 bits per heavy atom. The van der Waals surface area contributed by atoms with Crippen molar-refractivity contribution < 1.29 is 18.8 Å². The van der Waals surface area contributed by atoms with Gasteiger partial charge in [0.1, 0.15) is 11.6 Å². The van der Waals surface area contributed by atoms with Crippen LogP contribution in [-0.2, 0) is 10.2 Å². The number of halogens is 3. The molecule has 4 aromatic rings. The summed E-state index contributed by atoms with van der Waals surface area (Å²) in [5.41, 5.74) is -0.888. The zero-order valence-corrected chi connectivity index (χ0v) is 23.8. The maximum absolute atomic E-state index is 13.8. The Kier molecular flexibility index (Phi) is 8.31. The second kappa shape index (κ2) is 11.5. The minimum absolute atomic E-state index is 0.0661. The van der Waals surface area contributed by atoms with Gasteiger partial charge in [-0.05, 0) is 36.4 Å². The number of nitro groups is 1. The number of para-hydroxylation sites is 1. The molecular weight excluding hydrogens is 609 g/mol. The summed E-state index contributed by atoms with van der Waals surface area (Å²) >= 11 is 9.65. The molecule has 0 saturated carbocycles. The van der Waals surface area contributed by atoms with Crippen LogP contribution in [0.25, 0.3) is 10.9 Å². The average Bonchev–Trinajstić information content (AvgIpc) is 2.88. The predicted octanol–water partition coefficient (Wildman–Crippen LogP) is 6.06. The molecule has 0 fully saturated rings. The van der Waals surface area contributed by atoms with E-state index in [9.17, 15) is 24.1 Å². The van der Waals surface area contributed by atoms with Gasteiger partial charge in [-0.15, -0.1) is 0 Å². The average molecular weight is 631 g/mol. The first-order chi connectivity index (χ1) is 18.8. The molecule has 10 nitrogen and oxygen atoms in total. The number of hydrogen-bond donors (Lipinski definition) is 1. The van der Waals surface area contributed by atoms with Crippen molar-refractivity contribution in [2.75, 3.05) is 11.9 Å². The van der Waals surface area contributed by atoms with E-state index in [0.717, 1.165) is 10.7 Å². The quantitative estimate of drug-likeness (QED) is 0.150. The number of rotatable bonds is 7. The van der Waals surface area contributed by atoms with Crippen LogP contribution < -0.4 is 15.6 Å². The molecule has 13 heteroatoms. The second-order valence-electron chi connectivity index (χ2n) is 9.63. The SMILES string of the molecule is CC(C)(C)c1nc2ccc(Br)cc2c(=O)n1N=Cc1cc(Cl)c(OCC(=O)Nc2ccccc2F)c([N+](=O)[O-])c1. The van der Waals surface area contributed by atoms with Gasteiger partial charge < -0.3 is 10.1 Å². The number of aromatic nitrogens is 2. The van der Waals surface area contributed by atoms with Crippen molar-refractivity contribution in [1.29, 1.82) is 0 Å². The van der Waals surface area contributed by atoms with Gasteiger partial charge in [0.05, 0.1) is 32.8 Å². The highest BCUT2D eigenvalue weighted by atomic mass is 79.9. The molecule has 0 atom stereocenters. The Hall–Kier alpha value is -4.16. The van der Waals surface area contributed by atoms with E-state index in [1.165, 1.54) is 36.5 Å². The molecule has 0 aliphatic rings. The number of nitro benzene ring substituents is 1. The van der Waals surface area contributed by atoms with Crippen LogP contribution in [0.1, 0.15) is 32.2 Å². The minimum atomic E-state index is -0.745. The van der Waals surface area contributed by atoms with Gasteiger partial charge >= 0.3 is 5.69 Å². The first-order valence-electron chi connectivity index (χ1n) is 11.8. The van der Waals surface area contributed by atoms with Crippen molar-refractivity contribution in [3.8, 4) is 5.75 Å². The fourth-order valence-electron chi connectivity index (χ4n) is 3.70. The molecule has 3 aromatic carbocycles. The van der Waals surface area contributed by atoms with E-state index in [1.54, 1.807) is 18.2 Å². The van der Waals surface area contributed by atoms with Crippen LogP contribution in [0.3, 0.4) is 0 Å². The molecule has 0 aliphatic carbocycles. The van der Waals surface area contributed by atoms with Crippen LogP contribution in [0.15, 0.2) is 69.0 Å². The topological polar surface area (TPSA) is 129 Å². The lowest BCUT2D eigenvalue weighted by atomic mass is 9.95. The van der Waals surface area contributed by atoms with Crippen molar-refractivity contribution in [1.82, 2.24) is 9.66 Å². The summed E-state index contributed by atoms with van der Waals surface area (Å²) in [4.78, 5) is 41.3. The lowest BCUT2D eigenvalue weighted by Crippen LogP contribution is -2.29. The number of hydrogen-bond acceptors (Lipinski definition) is 7. The molecule has 1 heterocycles. The second-order valence-corrected chi connectivity index (χ2v) is 11.0. The molecule has 40 heavy (non-hydrogen) atoms. The Labute approximate surface area is 240 Å². The molecule has 1 N–H and O–H groups in total. The molecule has 1 aromatic heterocycles. The number of nitrogens with zero attached hydrogens (tertiary/aromatic N) is 4. The van der Waals surface area contributed by atoms with Crippen molar-refractivity contribution in [3.63, 3.8) is 0 Å². The smallest absolute Gasteiger partial charge is 0.313 e. The number of carbonyl (C=O) groups is 1.